The van der Waals surface area contributed by atoms with Crippen LogP contribution in [0.4, 0.5) is 0 Å². The molecule has 0 aliphatic carbocycles. The van der Waals surface area contributed by atoms with E-state index in [0.717, 1.165) is 10.6 Å². The molecule has 25 heavy (non-hydrogen) atoms. The van der Waals surface area contributed by atoms with Crippen LogP contribution < -0.4 is 9.47 Å². The van der Waals surface area contributed by atoms with Gasteiger partial charge in [0.15, 0.2) is 11.5 Å². The highest BCUT2D eigenvalue weighted by Crippen LogP contribution is 2.38. The zero-order valence-corrected chi connectivity index (χ0v) is 15.1. The van der Waals surface area contributed by atoms with Gasteiger partial charge in [-0.3, -0.25) is 0 Å². The maximum atomic E-state index is 9.99. The van der Waals surface area contributed by atoms with Crippen LogP contribution in [0.15, 0.2) is 35.0 Å². The first-order valence-corrected chi connectivity index (χ1v) is 8.98. The fourth-order valence-electron chi connectivity index (χ4n) is 2.24. The van der Waals surface area contributed by atoms with Crippen LogP contribution in [0.3, 0.4) is 0 Å². The maximum Gasteiger partial charge on any atom is 0.200 e. The molecule has 0 amide bonds. The third-order valence-corrected chi connectivity index (χ3v) is 5.21. The summed E-state index contributed by atoms with van der Waals surface area (Å²) in [5.74, 6) is 0.484. The van der Waals surface area contributed by atoms with Crippen molar-refractivity contribution < 1.29 is 14.6 Å². The Morgan fingerprint density at radius 3 is 2.52 bits per heavy atom. The third kappa shape index (κ3) is 3.50. The molecule has 0 spiro atoms. The van der Waals surface area contributed by atoms with Gasteiger partial charge in [-0.2, -0.15) is 5.26 Å². The van der Waals surface area contributed by atoms with Crippen LogP contribution in [0.25, 0.3) is 22.2 Å². The van der Waals surface area contributed by atoms with E-state index >= 15 is 0 Å². The summed E-state index contributed by atoms with van der Waals surface area (Å²) in [6, 6.07) is 9.43. The highest BCUT2D eigenvalue weighted by molar-refractivity contribution is 7.14. The van der Waals surface area contributed by atoms with E-state index < -0.39 is 0 Å². The number of benzene rings is 1. The number of thiophene rings is 1. The molecule has 3 aromatic rings. The Balaban J connectivity index is 2.00. The molecular formula is C18H14N2O3S2. The minimum absolute atomic E-state index is 0.0742. The topological polar surface area (TPSA) is 75.4 Å². The largest absolute Gasteiger partial charge is 0.502 e. The molecule has 0 saturated heterocycles. The van der Waals surface area contributed by atoms with Crippen molar-refractivity contribution >= 4 is 34.3 Å². The maximum absolute atomic E-state index is 9.99. The van der Waals surface area contributed by atoms with Crippen LogP contribution in [0, 0.1) is 11.3 Å². The number of thiazole rings is 1. The van der Waals surface area contributed by atoms with Gasteiger partial charge in [0, 0.05) is 5.38 Å². The zero-order valence-electron chi connectivity index (χ0n) is 13.5. The van der Waals surface area contributed by atoms with Gasteiger partial charge in [0.25, 0.3) is 0 Å². The van der Waals surface area contributed by atoms with Crippen LogP contribution in [0.5, 0.6) is 17.2 Å². The molecule has 3 rings (SSSR count). The number of allylic oxidation sites excluding steroid dienone is 1. The summed E-state index contributed by atoms with van der Waals surface area (Å²) >= 11 is 3.02. The fourth-order valence-corrected chi connectivity index (χ4v) is 3.79. The van der Waals surface area contributed by atoms with Gasteiger partial charge in [0.05, 0.1) is 30.4 Å². The van der Waals surface area contributed by atoms with Crippen LogP contribution in [-0.2, 0) is 0 Å². The van der Waals surface area contributed by atoms with Crippen molar-refractivity contribution in [2.45, 2.75) is 0 Å². The third-order valence-electron chi connectivity index (χ3n) is 3.44. The number of aromatic nitrogens is 1. The fraction of sp³-hybridized carbons (Fsp3) is 0.111. The number of nitrogens with zero attached hydrogens (tertiary/aromatic N) is 2. The van der Waals surface area contributed by atoms with Gasteiger partial charge in [0.2, 0.25) is 5.75 Å². The van der Waals surface area contributed by atoms with E-state index in [1.807, 2.05) is 22.9 Å². The van der Waals surface area contributed by atoms with Crippen molar-refractivity contribution in [3.05, 3.63) is 45.6 Å². The molecule has 126 valence electrons. The van der Waals surface area contributed by atoms with Crippen molar-refractivity contribution in [3.63, 3.8) is 0 Å². The van der Waals surface area contributed by atoms with Gasteiger partial charge < -0.3 is 14.6 Å². The summed E-state index contributed by atoms with van der Waals surface area (Å²) in [4.78, 5) is 5.61. The highest BCUT2D eigenvalue weighted by Gasteiger charge is 2.13. The number of nitriles is 1. The Kier molecular flexibility index (Phi) is 5.03. The summed E-state index contributed by atoms with van der Waals surface area (Å²) in [5.41, 5.74) is 1.97. The lowest BCUT2D eigenvalue weighted by molar-refractivity contribution is 0.340. The second kappa shape index (κ2) is 7.38. The van der Waals surface area contributed by atoms with Gasteiger partial charge in [-0.15, -0.1) is 22.7 Å². The average Bonchev–Trinajstić information content (AvgIpc) is 3.31. The molecule has 1 aromatic carbocycles. The Labute approximate surface area is 153 Å². The first-order valence-electron chi connectivity index (χ1n) is 7.22. The van der Waals surface area contributed by atoms with Gasteiger partial charge in [-0.25, -0.2) is 4.98 Å². The summed E-state index contributed by atoms with van der Waals surface area (Å²) in [6.07, 6.45) is 1.70. The molecule has 0 atom stereocenters. The van der Waals surface area contributed by atoms with E-state index in [9.17, 15) is 10.4 Å². The average molecular weight is 370 g/mol. The van der Waals surface area contributed by atoms with Crippen LogP contribution >= 0.6 is 22.7 Å². The molecule has 2 heterocycles. The van der Waals surface area contributed by atoms with Crippen LogP contribution in [-0.4, -0.2) is 24.3 Å². The summed E-state index contributed by atoms with van der Waals surface area (Å²) in [5, 5.41) is 24.1. The number of aromatic hydroxyl groups is 1. The van der Waals surface area contributed by atoms with Crippen molar-refractivity contribution in [1.29, 1.82) is 5.26 Å². The van der Waals surface area contributed by atoms with Crippen LogP contribution in [0.2, 0.25) is 0 Å². The minimum atomic E-state index is -0.0742. The van der Waals surface area contributed by atoms with Gasteiger partial charge in [0.1, 0.15) is 11.1 Å². The zero-order chi connectivity index (χ0) is 17.8. The molecule has 1 N–H and O–H groups in total. The number of hydrogen-bond donors (Lipinski definition) is 1. The highest BCUT2D eigenvalue weighted by atomic mass is 32.1. The number of phenolic OH excluding ortho intramolecular Hbond substituents is 1. The normalized spacial score (nSPS) is 11.2. The molecule has 0 radical (unpaired) electrons. The van der Waals surface area contributed by atoms with Crippen LogP contribution in [0.1, 0.15) is 10.6 Å². The number of rotatable bonds is 5. The van der Waals surface area contributed by atoms with Crippen molar-refractivity contribution in [3.8, 4) is 33.9 Å². The number of hydrogen-bond acceptors (Lipinski definition) is 7. The van der Waals surface area contributed by atoms with E-state index in [2.05, 4.69) is 11.1 Å². The molecule has 0 unspecified atom stereocenters. The quantitative estimate of drug-likeness (QED) is 0.661. The molecule has 5 nitrogen and oxygen atoms in total. The first kappa shape index (κ1) is 17.0. The number of methoxy groups -OCH3 is 2. The molecule has 7 heteroatoms. The molecule has 0 aliphatic heterocycles. The molecule has 0 aliphatic rings. The molecule has 0 bridgehead atoms. The molecular weight excluding hydrogens is 356 g/mol. The Morgan fingerprint density at radius 2 is 1.96 bits per heavy atom. The van der Waals surface area contributed by atoms with Gasteiger partial charge in [-0.05, 0) is 35.2 Å². The van der Waals surface area contributed by atoms with E-state index in [4.69, 9.17) is 9.47 Å². The monoisotopic (exact) mass is 370 g/mol. The van der Waals surface area contributed by atoms with Gasteiger partial charge >= 0.3 is 0 Å². The predicted octanol–water partition coefficient (Wildman–Crippen LogP) is 4.66. The second-order valence-corrected chi connectivity index (χ2v) is 6.76. The standard InChI is InChI=1S/C18H14N2O3S2/c1-22-14-7-11(8-15(23-2)17(14)21)6-12(9-19)18-20-13(10-25-18)16-4-3-5-24-16/h3-8,10,21H,1-2H3/b12-6-. The predicted molar refractivity (Wildman–Crippen MR) is 100 cm³/mol. The molecule has 2 aromatic heterocycles. The smallest absolute Gasteiger partial charge is 0.200 e. The van der Waals surface area contributed by atoms with Crippen molar-refractivity contribution in [2.75, 3.05) is 14.2 Å². The van der Waals surface area contributed by atoms with E-state index in [0.29, 0.717) is 16.1 Å². The SMILES string of the molecule is COc1cc(/C=C(/C#N)c2nc(-c3cccs3)cs2)cc(OC)c1O. The Morgan fingerprint density at radius 1 is 1.24 bits per heavy atom. The Bertz CT molecular complexity index is 928. The van der Waals surface area contributed by atoms with E-state index in [-0.39, 0.29) is 17.2 Å². The molecule has 0 fully saturated rings. The Hall–Kier alpha value is -2.82. The lowest BCUT2D eigenvalue weighted by Gasteiger charge is -2.09. The summed E-state index contributed by atoms with van der Waals surface area (Å²) < 4.78 is 10.3. The number of phenols is 1. The number of ether oxygens (including phenoxy) is 2. The van der Waals surface area contributed by atoms with E-state index in [1.165, 1.54) is 25.6 Å². The lowest BCUT2D eigenvalue weighted by atomic mass is 10.1. The first-order chi connectivity index (χ1) is 12.2. The summed E-state index contributed by atoms with van der Waals surface area (Å²) in [7, 11) is 2.92. The summed E-state index contributed by atoms with van der Waals surface area (Å²) in [6.45, 7) is 0. The van der Waals surface area contributed by atoms with Gasteiger partial charge in [-0.1, -0.05) is 6.07 Å². The lowest BCUT2D eigenvalue weighted by Crippen LogP contribution is -1.90. The van der Waals surface area contributed by atoms with Crippen molar-refractivity contribution in [1.82, 2.24) is 4.98 Å². The minimum Gasteiger partial charge on any atom is -0.502 e. The van der Waals surface area contributed by atoms with E-state index in [1.54, 1.807) is 29.5 Å². The van der Waals surface area contributed by atoms with Crippen molar-refractivity contribution in [2.24, 2.45) is 0 Å². The molecule has 0 saturated carbocycles. The second-order valence-electron chi connectivity index (χ2n) is 4.96.